The second-order valence-corrected chi connectivity index (χ2v) is 3.35. The molecular formula is C12H11N3O2. The van der Waals surface area contributed by atoms with E-state index < -0.39 is 6.09 Å². The van der Waals surface area contributed by atoms with Gasteiger partial charge in [0.05, 0.1) is 0 Å². The van der Waals surface area contributed by atoms with Crippen molar-refractivity contribution in [2.75, 3.05) is 5.32 Å². The van der Waals surface area contributed by atoms with Crippen LogP contribution >= 0.6 is 0 Å². The fourth-order valence-electron chi connectivity index (χ4n) is 1.22. The Morgan fingerprint density at radius 3 is 2.71 bits per heavy atom. The Balaban J connectivity index is 1.98. The van der Waals surface area contributed by atoms with Gasteiger partial charge in [0.15, 0.2) is 0 Å². The van der Waals surface area contributed by atoms with Crippen LogP contribution in [0.3, 0.4) is 0 Å². The Morgan fingerprint density at radius 2 is 2.00 bits per heavy atom. The highest BCUT2D eigenvalue weighted by Gasteiger charge is 2.06. The third-order valence-electron chi connectivity index (χ3n) is 1.96. The minimum Gasteiger partial charge on any atom is -0.410 e. The number of anilines is 1. The standard InChI is InChI=1S/C12H11N3O2/c1-9-7-8-13-11(14-9)15-12(16)17-10-5-3-2-4-6-10/h2-8H,1H3,(H,13,14,15,16). The van der Waals surface area contributed by atoms with E-state index in [0.29, 0.717) is 5.75 Å². The summed E-state index contributed by atoms with van der Waals surface area (Å²) in [5.74, 6) is 0.698. The number of benzene rings is 1. The number of aryl methyl sites for hydroxylation is 1. The maximum absolute atomic E-state index is 11.5. The lowest BCUT2D eigenvalue weighted by molar-refractivity contribution is 0.215. The first-order valence-electron chi connectivity index (χ1n) is 5.07. The monoisotopic (exact) mass is 229 g/mol. The third-order valence-corrected chi connectivity index (χ3v) is 1.96. The Hall–Kier alpha value is -2.43. The molecule has 0 bridgehead atoms. The first-order chi connectivity index (χ1) is 8.24. The first kappa shape index (κ1) is 11.1. The summed E-state index contributed by atoms with van der Waals surface area (Å²) < 4.78 is 5.03. The number of hydrogen-bond acceptors (Lipinski definition) is 4. The molecule has 2 rings (SSSR count). The molecule has 0 saturated heterocycles. The minimum atomic E-state index is -0.609. The van der Waals surface area contributed by atoms with E-state index in [1.165, 1.54) is 0 Å². The van der Waals surface area contributed by atoms with E-state index in [-0.39, 0.29) is 5.95 Å². The average molecular weight is 229 g/mol. The molecular weight excluding hydrogens is 218 g/mol. The van der Waals surface area contributed by atoms with Gasteiger partial charge in [0.1, 0.15) is 5.75 Å². The second-order valence-electron chi connectivity index (χ2n) is 3.35. The van der Waals surface area contributed by atoms with E-state index in [0.717, 1.165) is 5.69 Å². The highest BCUT2D eigenvalue weighted by molar-refractivity contribution is 5.84. The molecule has 1 heterocycles. The van der Waals surface area contributed by atoms with Crippen LogP contribution in [-0.2, 0) is 0 Å². The van der Waals surface area contributed by atoms with Crippen LogP contribution in [0.2, 0.25) is 0 Å². The highest BCUT2D eigenvalue weighted by atomic mass is 16.6. The van der Waals surface area contributed by atoms with Crippen molar-refractivity contribution in [3.05, 3.63) is 48.3 Å². The largest absolute Gasteiger partial charge is 0.419 e. The van der Waals surface area contributed by atoms with Gasteiger partial charge >= 0.3 is 6.09 Å². The van der Waals surface area contributed by atoms with Crippen molar-refractivity contribution in [1.29, 1.82) is 0 Å². The van der Waals surface area contributed by atoms with E-state index in [4.69, 9.17) is 4.74 Å². The number of para-hydroxylation sites is 1. The summed E-state index contributed by atoms with van der Waals surface area (Å²) >= 11 is 0. The molecule has 0 atom stereocenters. The zero-order valence-corrected chi connectivity index (χ0v) is 9.25. The number of carbonyl (C=O) groups excluding carboxylic acids is 1. The first-order valence-corrected chi connectivity index (χ1v) is 5.07. The van der Waals surface area contributed by atoms with Gasteiger partial charge in [0.2, 0.25) is 5.95 Å². The molecule has 17 heavy (non-hydrogen) atoms. The lowest BCUT2D eigenvalue weighted by Gasteiger charge is -2.05. The topological polar surface area (TPSA) is 64.1 Å². The van der Waals surface area contributed by atoms with Gasteiger partial charge in [-0.15, -0.1) is 0 Å². The number of ether oxygens (including phenoxy) is 1. The molecule has 1 aromatic carbocycles. The number of hydrogen-bond donors (Lipinski definition) is 1. The lowest BCUT2D eigenvalue weighted by atomic mass is 10.3. The maximum atomic E-state index is 11.5. The van der Waals surface area contributed by atoms with Crippen molar-refractivity contribution in [2.45, 2.75) is 6.92 Å². The summed E-state index contributed by atoms with van der Waals surface area (Å²) in [7, 11) is 0. The van der Waals surface area contributed by atoms with Gasteiger partial charge in [0.25, 0.3) is 0 Å². The molecule has 0 fully saturated rings. The predicted octanol–water partition coefficient (Wildman–Crippen LogP) is 2.40. The molecule has 0 aliphatic rings. The van der Waals surface area contributed by atoms with Crippen LogP contribution in [0.5, 0.6) is 5.75 Å². The highest BCUT2D eigenvalue weighted by Crippen LogP contribution is 2.09. The minimum absolute atomic E-state index is 0.228. The Morgan fingerprint density at radius 1 is 1.24 bits per heavy atom. The quantitative estimate of drug-likeness (QED) is 0.858. The molecule has 0 spiro atoms. The summed E-state index contributed by atoms with van der Waals surface area (Å²) in [5, 5.41) is 2.45. The van der Waals surface area contributed by atoms with Crippen LogP contribution in [-0.4, -0.2) is 16.1 Å². The lowest BCUT2D eigenvalue weighted by Crippen LogP contribution is -2.18. The molecule has 1 N–H and O–H groups in total. The van der Waals surface area contributed by atoms with Crippen LogP contribution < -0.4 is 10.1 Å². The summed E-state index contributed by atoms with van der Waals surface area (Å²) in [6, 6.07) is 10.5. The van der Waals surface area contributed by atoms with E-state index in [1.54, 1.807) is 36.5 Å². The van der Waals surface area contributed by atoms with Gasteiger partial charge in [-0.25, -0.2) is 14.8 Å². The van der Waals surface area contributed by atoms with E-state index in [1.807, 2.05) is 13.0 Å². The van der Waals surface area contributed by atoms with Gasteiger partial charge in [-0.2, -0.15) is 0 Å². The van der Waals surface area contributed by atoms with Crippen LogP contribution in [0, 0.1) is 6.92 Å². The van der Waals surface area contributed by atoms with Crippen molar-refractivity contribution in [2.24, 2.45) is 0 Å². The van der Waals surface area contributed by atoms with Crippen molar-refractivity contribution < 1.29 is 9.53 Å². The zero-order chi connectivity index (χ0) is 12.1. The van der Waals surface area contributed by atoms with Crippen molar-refractivity contribution >= 4 is 12.0 Å². The summed E-state index contributed by atoms with van der Waals surface area (Å²) in [6.45, 7) is 1.81. The Bertz CT molecular complexity index is 514. The van der Waals surface area contributed by atoms with Crippen LogP contribution in [0.1, 0.15) is 5.69 Å². The molecule has 1 aromatic heterocycles. The van der Waals surface area contributed by atoms with E-state index >= 15 is 0 Å². The number of carbonyl (C=O) groups is 1. The smallest absolute Gasteiger partial charge is 0.410 e. The molecule has 1 amide bonds. The SMILES string of the molecule is Cc1ccnc(NC(=O)Oc2ccccc2)n1. The van der Waals surface area contributed by atoms with E-state index in [9.17, 15) is 4.79 Å². The number of nitrogens with one attached hydrogen (secondary N) is 1. The number of rotatable bonds is 2. The molecule has 0 saturated carbocycles. The van der Waals surface area contributed by atoms with Gasteiger partial charge in [-0.05, 0) is 25.1 Å². The van der Waals surface area contributed by atoms with Gasteiger partial charge in [0, 0.05) is 11.9 Å². The van der Waals surface area contributed by atoms with Crippen molar-refractivity contribution in [3.63, 3.8) is 0 Å². The molecule has 5 heteroatoms. The van der Waals surface area contributed by atoms with Gasteiger partial charge in [-0.1, -0.05) is 18.2 Å². The average Bonchev–Trinajstić information content (AvgIpc) is 2.30. The van der Waals surface area contributed by atoms with Crippen molar-refractivity contribution in [3.8, 4) is 5.75 Å². The third kappa shape index (κ3) is 3.27. The summed E-state index contributed by atoms with van der Waals surface area (Å²) in [5.41, 5.74) is 0.773. The van der Waals surface area contributed by atoms with Crippen LogP contribution in [0.15, 0.2) is 42.6 Å². The summed E-state index contributed by atoms with van der Waals surface area (Å²) in [6.07, 6.45) is 0.960. The molecule has 2 aromatic rings. The molecule has 5 nitrogen and oxygen atoms in total. The predicted molar refractivity (Wildman–Crippen MR) is 62.9 cm³/mol. The Kier molecular flexibility index (Phi) is 3.30. The number of amides is 1. The van der Waals surface area contributed by atoms with Gasteiger partial charge in [-0.3, -0.25) is 5.32 Å². The molecule has 0 aliphatic heterocycles. The number of nitrogens with zero attached hydrogens (tertiary/aromatic N) is 2. The van der Waals surface area contributed by atoms with Crippen LogP contribution in [0.4, 0.5) is 10.7 Å². The maximum Gasteiger partial charge on any atom is 0.419 e. The van der Waals surface area contributed by atoms with Crippen LogP contribution in [0.25, 0.3) is 0 Å². The molecule has 0 unspecified atom stereocenters. The van der Waals surface area contributed by atoms with E-state index in [2.05, 4.69) is 15.3 Å². The van der Waals surface area contributed by atoms with Gasteiger partial charge < -0.3 is 4.74 Å². The normalized spacial score (nSPS) is 9.71. The molecule has 0 aliphatic carbocycles. The fourth-order valence-corrected chi connectivity index (χ4v) is 1.22. The summed E-state index contributed by atoms with van der Waals surface area (Å²) in [4.78, 5) is 19.4. The Labute approximate surface area is 98.5 Å². The second kappa shape index (κ2) is 5.07. The molecule has 0 radical (unpaired) electrons. The zero-order valence-electron chi connectivity index (χ0n) is 9.25. The molecule has 86 valence electrons. The number of aromatic nitrogens is 2. The van der Waals surface area contributed by atoms with Crippen molar-refractivity contribution in [1.82, 2.24) is 9.97 Å². The fraction of sp³-hybridized carbons (Fsp3) is 0.0833.